The molecule has 11 heteroatoms. The summed E-state index contributed by atoms with van der Waals surface area (Å²) in [5.41, 5.74) is 1.68. The minimum Gasteiger partial charge on any atom is -0.285 e. The summed E-state index contributed by atoms with van der Waals surface area (Å²) in [6, 6.07) is 3.51. The molecule has 144 valence electrons. The number of halogens is 4. The van der Waals surface area contributed by atoms with Crippen LogP contribution in [0, 0.1) is 0 Å². The minimum atomic E-state index is -4.56. The van der Waals surface area contributed by atoms with E-state index in [1.54, 1.807) is 18.2 Å². The Balaban J connectivity index is 2.34. The van der Waals surface area contributed by atoms with Crippen LogP contribution in [0.4, 0.5) is 13.2 Å². The number of fused-ring (bicyclic) bond motifs is 1. The molecule has 2 rings (SSSR count). The summed E-state index contributed by atoms with van der Waals surface area (Å²) in [5.74, 6) is 0. The Morgan fingerprint density at radius 2 is 2.08 bits per heavy atom. The number of nitrogens with zero attached hydrogens (tertiary/aromatic N) is 2. The van der Waals surface area contributed by atoms with Crippen molar-refractivity contribution in [3.8, 4) is 0 Å². The number of carbonyl (C=O) groups is 1. The van der Waals surface area contributed by atoms with Crippen LogP contribution in [0.15, 0.2) is 18.2 Å². The lowest BCUT2D eigenvalue weighted by Crippen LogP contribution is -2.49. The highest BCUT2D eigenvalue weighted by Gasteiger charge is 2.35. The van der Waals surface area contributed by atoms with Gasteiger partial charge < -0.3 is 0 Å². The smallest absolute Gasteiger partial charge is 0.285 e. The van der Waals surface area contributed by atoms with Gasteiger partial charge in [0.1, 0.15) is 11.0 Å². The molecule has 0 aliphatic carbocycles. The predicted octanol–water partition coefficient (Wildman–Crippen LogP) is 2.27. The van der Waals surface area contributed by atoms with Gasteiger partial charge in [-0.2, -0.15) is 21.6 Å². The van der Waals surface area contributed by atoms with E-state index >= 15 is 0 Å². The Hall–Kier alpha value is -1.62. The van der Waals surface area contributed by atoms with Gasteiger partial charge in [-0.15, -0.1) is 0 Å². The summed E-state index contributed by atoms with van der Waals surface area (Å²) in [7, 11) is -2.93. The van der Waals surface area contributed by atoms with Gasteiger partial charge in [-0.25, -0.2) is 5.06 Å². The molecule has 6 nitrogen and oxygen atoms in total. The highest BCUT2D eigenvalue weighted by molar-refractivity contribution is 7.73. The van der Waals surface area contributed by atoms with E-state index in [1.807, 2.05) is 0 Å². The first-order valence-corrected chi connectivity index (χ1v) is 9.05. The van der Waals surface area contributed by atoms with Gasteiger partial charge in [0.05, 0.1) is 0 Å². The van der Waals surface area contributed by atoms with Crippen LogP contribution >= 0.6 is 11.6 Å². The number of amides is 1. The zero-order valence-electron chi connectivity index (χ0n) is 13.4. The average Bonchev–Trinajstić information content (AvgIpc) is 2.56. The number of hydrogen-bond donors (Lipinski definition) is 1. The number of rotatable bonds is 5. The first-order valence-electron chi connectivity index (χ1n) is 7.60. The molecule has 1 N–H and O–H groups in total. The molecule has 0 bridgehead atoms. The topological polar surface area (TPSA) is 77.9 Å². The van der Waals surface area contributed by atoms with Gasteiger partial charge in [0.2, 0.25) is 16.7 Å². The largest absolute Gasteiger partial charge is 0.389 e. The van der Waals surface area contributed by atoms with Gasteiger partial charge in [0.25, 0.3) is 0 Å². The Labute approximate surface area is 154 Å². The minimum absolute atomic E-state index is 0.0373. The van der Waals surface area contributed by atoms with E-state index in [4.69, 9.17) is 11.6 Å². The second-order valence-corrected chi connectivity index (χ2v) is 7.14. The summed E-state index contributed by atoms with van der Waals surface area (Å²) >= 11 is 5.94. The summed E-state index contributed by atoms with van der Waals surface area (Å²) in [6.07, 6.45) is -6.34. The van der Waals surface area contributed by atoms with Crippen molar-refractivity contribution in [2.75, 3.05) is 6.54 Å². The molecule has 0 saturated heterocycles. The van der Waals surface area contributed by atoms with Crippen molar-refractivity contribution in [2.24, 2.45) is 0 Å². The number of alkyl halides is 3. The molecule has 1 aromatic rings. The van der Waals surface area contributed by atoms with E-state index in [1.165, 1.54) is 4.90 Å². The van der Waals surface area contributed by atoms with Gasteiger partial charge in [0.15, 0.2) is 0 Å². The lowest BCUT2D eigenvalue weighted by molar-refractivity contribution is -0.163. The second-order valence-electron chi connectivity index (χ2n) is 5.81. The van der Waals surface area contributed by atoms with E-state index in [2.05, 4.69) is 0 Å². The van der Waals surface area contributed by atoms with E-state index in [0.29, 0.717) is 11.4 Å². The van der Waals surface area contributed by atoms with Crippen LogP contribution < -0.4 is 0 Å². The Bertz CT molecular complexity index is 806. The highest BCUT2D eigenvalue weighted by Crippen LogP contribution is 2.27. The predicted molar refractivity (Wildman–Crippen MR) is 88.3 cm³/mol. The third-order valence-electron chi connectivity index (χ3n) is 4.08. The molecule has 1 atom stereocenters. The Morgan fingerprint density at radius 3 is 2.65 bits per heavy atom. The third kappa shape index (κ3) is 5.19. The van der Waals surface area contributed by atoms with Gasteiger partial charge in [-0.1, -0.05) is 17.7 Å². The Morgan fingerprint density at radius 1 is 1.38 bits per heavy atom. The highest BCUT2D eigenvalue weighted by atomic mass is 35.5. The average molecular weight is 413 g/mol. The molecule has 0 radical (unpaired) electrons. The van der Waals surface area contributed by atoms with Crippen molar-refractivity contribution in [1.29, 1.82) is 0 Å². The van der Waals surface area contributed by atoms with Crippen LogP contribution in [-0.2, 0) is 28.1 Å². The maximum atomic E-state index is 12.6. The molecule has 0 fully saturated rings. The van der Waals surface area contributed by atoms with Crippen LogP contribution in [0.2, 0.25) is 5.02 Å². The van der Waals surface area contributed by atoms with Crippen molar-refractivity contribution in [3.63, 3.8) is 0 Å². The quantitative estimate of drug-likeness (QED) is 0.347. The number of carbonyl (C=O) groups excluding carboxylic acids is 1. The van der Waals surface area contributed by atoms with Gasteiger partial charge >= 0.3 is 6.18 Å². The van der Waals surface area contributed by atoms with Gasteiger partial charge in [0, 0.05) is 24.5 Å². The monoisotopic (exact) mass is 412 g/mol. The Kier molecular flexibility index (Phi) is 6.67. The van der Waals surface area contributed by atoms with E-state index in [-0.39, 0.29) is 24.6 Å². The maximum absolute atomic E-state index is 12.6. The van der Waals surface area contributed by atoms with Crippen molar-refractivity contribution in [3.05, 3.63) is 34.3 Å². The standard InChI is InChI=1S/C15H16ClF3N2O4S/c16-12-2-1-10-4-6-20(8-11(10)7-12)14(26(24)25)13(21(23)9-22)3-5-15(17,18)19/h1-2,7,9,13,23H,3-6,8H2. The van der Waals surface area contributed by atoms with Crippen LogP contribution in [0.3, 0.4) is 0 Å². The lowest BCUT2D eigenvalue weighted by Gasteiger charge is -2.33. The molecular formula is C15H16ClF3N2O4S. The fourth-order valence-corrected chi connectivity index (χ4v) is 3.89. The number of hydrogen-bond acceptors (Lipinski definition) is 4. The number of hydroxylamine groups is 2. The molecule has 1 aromatic carbocycles. The lowest BCUT2D eigenvalue weighted by atomic mass is 9.99. The van der Waals surface area contributed by atoms with E-state index in [9.17, 15) is 31.6 Å². The summed E-state index contributed by atoms with van der Waals surface area (Å²) < 4.78 is 61.1. The van der Waals surface area contributed by atoms with Gasteiger partial charge in [-0.3, -0.25) is 14.9 Å². The van der Waals surface area contributed by atoms with Crippen LogP contribution in [0.25, 0.3) is 0 Å². The molecule has 1 unspecified atom stereocenters. The first kappa shape index (κ1) is 20.7. The normalized spacial score (nSPS) is 15.9. The molecule has 1 aliphatic heterocycles. The zero-order valence-corrected chi connectivity index (χ0v) is 15.0. The molecule has 1 amide bonds. The third-order valence-corrected chi connectivity index (χ3v) is 5.18. The summed E-state index contributed by atoms with van der Waals surface area (Å²) in [6.45, 7) is 0.307. The zero-order chi connectivity index (χ0) is 19.5. The molecular weight excluding hydrogens is 397 g/mol. The molecule has 1 heterocycles. The SMILES string of the molecule is O=CN(O)C(CCC(F)(F)F)C(N1CCc2ccc(Cl)cc2C1)=S(=O)=O. The van der Waals surface area contributed by atoms with Crippen LogP contribution in [0.1, 0.15) is 24.0 Å². The molecule has 1 aliphatic rings. The molecule has 0 aromatic heterocycles. The van der Waals surface area contributed by atoms with Crippen molar-refractivity contribution in [2.45, 2.75) is 38.0 Å². The summed E-state index contributed by atoms with van der Waals surface area (Å²) in [4.78, 5) is 11.7. The maximum Gasteiger partial charge on any atom is 0.389 e. The van der Waals surface area contributed by atoms with Gasteiger partial charge in [-0.05, 0) is 36.1 Å². The van der Waals surface area contributed by atoms with Crippen molar-refractivity contribution >= 4 is 33.3 Å². The molecule has 0 spiro atoms. The van der Waals surface area contributed by atoms with Crippen LogP contribution in [0.5, 0.6) is 0 Å². The van der Waals surface area contributed by atoms with Crippen molar-refractivity contribution < 1.29 is 31.6 Å². The second kappa shape index (κ2) is 8.38. The number of benzene rings is 1. The van der Waals surface area contributed by atoms with E-state index < -0.39 is 40.3 Å². The fraction of sp³-hybridized carbons (Fsp3) is 0.467. The van der Waals surface area contributed by atoms with Crippen molar-refractivity contribution in [1.82, 2.24) is 9.96 Å². The fourth-order valence-electron chi connectivity index (χ4n) is 2.88. The molecule has 0 saturated carbocycles. The summed E-state index contributed by atoms with van der Waals surface area (Å²) in [5, 5.41) is 10.1. The van der Waals surface area contributed by atoms with E-state index in [0.717, 1.165) is 11.1 Å². The van der Waals surface area contributed by atoms with Crippen LogP contribution in [-0.4, -0.2) is 53.7 Å². The molecule has 26 heavy (non-hydrogen) atoms. The first-order chi connectivity index (χ1) is 12.1.